The number of nitrogens with zero attached hydrogens (tertiary/aromatic N) is 1. The van der Waals surface area contributed by atoms with Crippen LogP contribution in [0.4, 0.5) is 4.39 Å². The zero-order valence-electron chi connectivity index (χ0n) is 26.8. The van der Waals surface area contributed by atoms with Gasteiger partial charge in [-0.05, 0) is 75.6 Å². The number of rotatable bonds is 13. The quantitative estimate of drug-likeness (QED) is 0.135. The molecule has 4 rings (SSSR count). The van der Waals surface area contributed by atoms with Crippen molar-refractivity contribution in [3.05, 3.63) is 92.3 Å². The Kier molecular flexibility index (Phi) is 11.3. The zero-order chi connectivity index (χ0) is 34.5. The van der Waals surface area contributed by atoms with Crippen molar-refractivity contribution in [2.45, 2.75) is 70.9 Å². The first-order chi connectivity index (χ1) is 22.1. The van der Waals surface area contributed by atoms with E-state index in [4.69, 9.17) is 23.3 Å². The molecule has 1 fully saturated rings. The van der Waals surface area contributed by atoms with Crippen LogP contribution < -0.4 is 25.6 Å². The van der Waals surface area contributed by atoms with Crippen molar-refractivity contribution >= 4 is 25.9 Å². The minimum atomic E-state index is -4.43. The van der Waals surface area contributed by atoms with Gasteiger partial charge in [-0.25, -0.2) is 13.8 Å². The smallest absolute Gasteiger partial charge is 0.459 e. The number of halogens is 1. The Labute approximate surface area is 270 Å². The summed E-state index contributed by atoms with van der Waals surface area (Å²) < 4.78 is 58.0. The molecule has 6 atom stereocenters. The molecular weight excluding hydrogens is 636 g/mol. The van der Waals surface area contributed by atoms with Crippen molar-refractivity contribution in [2.75, 3.05) is 13.7 Å². The molecule has 1 unspecified atom stereocenters. The van der Waals surface area contributed by atoms with Crippen molar-refractivity contribution in [1.82, 2.24) is 14.6 Å². The largest absolute Gasteiger partial charge is 0.497 e. The number of esters is 1. The lowest BCUT2D eigenvalue weighted by Crippen LogP contribution is -2.43. The van der Waals surface area contributed by atoms with E-state index >= 15 is 4.39 Å². The molecule has 0 saturated carbocycles. The molecule has 0 bridgehead atoms. The third-order valence-electron chi connectivity index (χ3n) is 7.17. The van der Waals surface area contributed by atoms with Crippen LogP contribution in [-0.2, 0) is 23.4 Å². The highest BCUT2D eigenvalue weighted by molar-refractivity contribution is 7.52. The number of H-pyrrole nitrogens is 1. The first kappa shape index (κ1) is 35.8. The van der Waals surface area contributed by atoms with Gasteiger partial charge in [0, 0.05) is 12.3 Å². The molecular formula is C32H39FN3O10P. The fourth-order valence-corrected chi connectivity index (χ4v) is 6.31. The van der Waals surface area contributed by atoms with Gasteiger partial charge >= 0.3 is 19.4 Å². The fourth-order valence-electron chi connectivity index (χ4n) is 4.81. The Morgan fingerprint density at radius 1 is 1.13 bits per heavy atom. The number of aromatic amines is 1. The molecule has 0 aliphatic carbocycles. The molecule has 3 aromatic rings. The number of ether oxygens (including phenoxy) is 3. The lowest BCUT2D eigenvalue weighted by Gasteiger charge is -2.25. The highest BCUT2D eigenvalue weighted by Crippen LogP contribution is 2.47. The normalized spacial score (nSPS) is 23.0. The van der Waals surface area contributed by atoms with Crippen LogP contribution in [0.25, 0.3) is 12.2 Å². The lowest BCUT2D eigenvalue weighted by molar-refractivity contribution is -0.149. The summed E-state index contributed by atoms with van der Waals surface area (Å²) in [5.74, 6) is 0.114. The number of alkyl halides is 1. The molecule has 1 saturated heterocycles. The van der Waals surface area contributed by atoms with Crippen LogP contribution in [0, 0.1) is 6.92 Å². The summed E-state index contributed by atoms with van der Waals surface area (Å²) in [4.78, 5) is 38.3. The number of aliphatic hydroxyl groups is 1. The number of carbonyl (C=O) groups excluding carboxylic acids is 1. The van der Waals surface area contributed by atoms with E-state index in [0.717, 1.165) is 46.2 Å². The molecule has 2 heterocycles. The summed E-state index contributed by atoms with van der Waals surface area (Å²) >= 11 is 0. The van der Waals surface area contributed by atoms with Crippen LogP contribution in [0.15, 0.2) is 64.3 Å². The van der Waals surface area contributed by atoms with Gasteiger partial charge in [-0.2, -0.15) is 5.09 Å². The summed E-state index contributed by atoms with van der Waals surface area (Å²) in [6, 6.07) is 12.2. The maximum atomic E-state index is 15.7. The molecule has 254 valence electrons. The number of hydrogen-bond donors (Lipinski definition) is 3. The van der Waals surface area contributed by atoms with E-state index < -0.39 is 67.8 Å². The summed E-state index contributed by atoms with van der Waals surface area (Å²) in [5, 5.41) is 13.3. The average Bonchev–Trinajstić information content (AvgIpc) is 3.22. The third-order valence-corrected chi connectivity index (χ3v) is 8.81. The number of hydrogen-bond acceptors (Lipinski definition) is 10. The van der Waals surface area contributed by atoms with Crippen LogP contribution in [0.5, 0.6) is 11.5 Å². The molecule has 47 heavy (non-hydrogen) atoms. The molecule has 0 amide bonds. The fraction of sp³-hybridized carbons (Fsp3) is 0.406. The van der Waals surface area contributed by atoms with Crippen LogP contribution in [-0.4, -0.2) is 64.4 Å². The summed E-state index contributed by atoms with van der Waals surface area (Å²) in [6.45, 7) is 7.01. The van der Waals surface area contributed by atoms with Crippen LogP contribution >= 0.6 is 7.75 Å². The third kappa shape index (κ3) is 9.05. The maximum Gasteiger partial charge on any atom is 0.459 e. The number of aryl methyl sites for hydroxylation is 1. The second-order valence-corrected chi connectivity index (χ2v) is 13.2. The second-order valence-electron chi connectivity index (χ2n) is 11.5. The number of methoxy groups -OCH3 is 1. The SMILES string of the molecule is COc1cc(C)cc(/C=C/c2ccc(OP(=O)(N[C@@H](C)C(=O)OC(C)C)OC[C@H]3O[C@@H](n4ccc(=O)[nH]c4=O)[C@](C)(F)[C@@H]3O)cc2)c1. The van der Waals surface area contributed by atoms with Crippen molar-refractivity contribution < 1.29 is 42.1 Å². The molecule has 0 spiro atoms. The van der Waals surface area contributed by atoms with E-state index in [2.05, 4.69) is 5.09 Å². The minimum Gasteiger partial charge on any atom is -0.497 e. The van der Waals surface area contributed by atoms with Crippen molar-refractivity contribution in [3.63, 3.8) is 0 Å². The van der Waals surface area contributed by atoms with Gasteiger partial charge in [-0.15, -0.1) is 0 Å². The number of benzene rings is 2. The Morgan fingerprint density at radius 2 is 1.81 bits per heavy atom. The van der Waals surface area contributed by atoms with Gasteiger partial charge in [0.1, 0.15) is 29.7 Å². The lowest BCUT2D eigenvalue weighted by atomic mass is 9.98. The molecule has 1 aliphatic rings. The highest BCUT2D eigenvalue weighted by atomic mass is 31.2. The minimum absolute atomic E-state index is 0.112. The van der Waals surface area contributed by atoms with Gasteiger partial charge in [0.25, 0.3) is 5.56 Å². The first-order valence-corrected chi connectivity index (χ1v) is 16.3. The molecule has 1 aliphatic heterocycles. The Morgan fingerprint density at radius 3 is 2.45 bits per heavy atom. The Hall–Kier alpha value is -4.07. The molecule has 3 N–H and O–H groups in total. The molecule has 1 aromatic heterocycles. The monoisotopic (exact) mass is 675 g/mol. The van der Waals surface area contributed by atoms with E-state index in [-0.39, 0.29) is 5.75 Å². The van der Waals surface area contributed by atoms with Gasteiger partial charge in [0.15, 0.2) is 11.9 Å². The standard InChI is InChI=1S/C32H39FN3O10P/c1-19(2)44-29(39)21(4)35-47(41,43-18-26-28(38)32(5,33)30(45-26)36-14-13-27(37)34-31(36)40)46-24-11-9-22(10-12-24)7-8-23-15-20(3)16-25(17-23)42-6/h7-17,19,21,26,28,30,38H,18H2,1-6H3,(H,35,41)(H,34,37,40)/b8-7+/t21-,26+,28+,30+,32+,47?/m0/s1. The molecule has 2 aromatic carbocycles. The number of nitrogens with one attached hydrogen (secondary N) is 2. The second kappa shape index (κ2) is 14.8. The molecule has 0 radical (unpaired) electrons. The first-order valence-electron chi connectivity index (χ1n) is 14.8. The maximum absolute atomic E-state index is 15.7. The number of aliphatic hydroxyl groups excluding tert-OH is 1. The number of aromatic nitrogens is 2. The predicted molar refractivity (Wildman–Crippen MR) is 172 cm³/mol. The van der Waals surface area contributed by atoms with E-state index in [0.29, 0.717) is 0 Å². The van der Waals surface area contributed by atoms with Crippen molar-refractivity contribution in [3.8, 4) is 11.5 Å². The summed E-state index contributed by atoms with van der Waals surface area (Å²) in [5.41, 5.74) is -1.41. The van der Waals surface area contributed by atoms with Crippen LogP contribution in [0.3, 0.4) is 0 Å². The van der Waals surface area contributed by atoms with Gasteiger partial charge in [0.2, 0.25) is 0 Å². The predicted octanol–water partition coefficient (Wildman–Crippen LogP) is 4.14. The van der Waals surface area contributed by atoms with Gasteiger partial charge in [0.05, 0.1) is 19.8 Å². The highest BCUT2D eigenvalue weighted by Gasteiger charge is 2.56. The summed E-state index contributed by atoms with van der Waals surface area (Å²) in [7, 11) is -2.83. The van der Waals surface area contributed by atoms with E-state index in [9.17, 15) is 24.1 Å². The van der Waals surface area contributed by atoms with Crippen molar-refractivity contribution in [2.24, 2.45) is 0 Å². The van der Waals surface area contributed by atoms with Crippen LogP contribution in [0.2, 0.25) is 0 Å². The van der Waals surface area contributed by atoms with E-state index in [1.165, 1.54) is 6.92 Å². The molecule has 13 nitrogen and oxygen atoms in total. The average molecular weight is 676 g/mol. The van der Waals surface area contributed by atoms with E-state index in [1.807, 2.05) is 42.3 Å². The zero-order valence-corrected chi connectivity index (χ0v) is 27.7. The van der Waals surface area contributed by atoms with Crippen molar-refractivity contribution in [1.29, 1.82) is 0 Å². The van der Waals surface area contributed by atoms with Crippen LogP contribution in [0.1, 0.15) is 50.6 Å². The Balaban J connectivity index is 1.52. The summed E-state index contributed by atoms with van der Waals surface area (Å²) in [6.07, 6.45) is -0.567. The van der Waals surface area contributed by atoms with Gasteiger partial charge in [-0.1, -0.05) is 30.4 Å². The molecule has 15 heteroatoms. The van der Waals surface area contributed by atoms with Gasteiger partial charge < -0.3 is 23.8 Å². The van der Waals surface area contributed by atoms with E-state index in [1.54, 1.807) is 45.2 Å². The van der Waals surface area contributed by atoms with Gasteiger partial charge in [-0.3, -0.25) is 23.7 Å². The topological polar surface area (TPSA) is 167 Å². The number of carbonyl (C=O) groups is 1. The Bertz CT molecular complexity index is 1750.